The third kappa shape index (κ3) is 2.42. The number of rotatable bonds is 4. The molecule has 0 aliphatic carbocycles. The Balaban J connectivity index is 2.52. The summed E-state index contributed by atoms with van der Waals surface area (Å²) in [7, 11) is 0. The molecule has 1 aromatic rings. The van der Waals surface area contributed by atoms with E-state index in [-0.39, 0.29) is 0 Å². The molecule has 0 aliphatic rings. The highest BCUT2D eigenvalue weighted by atomic mass is 32.1. The molecule has 0 saturated carbocycles. The summed E-state index contributed by atoms with van der Waals surface area (Å²) < 4.78 is 9.34. The summed E-state index contributed by atoms with van der Waals surface area (Å²) in [4.78, 5) is 4.18. The topological polar surface area (TPSA) is 61.0 Å². The standard InChI is InChI=1S/C7H13N3OS/c1-5(2)6-9-7(12-10-6)11-4-3-8/h5H,3-4,8H2,1-2H3. The molecular formula is C7H13N3OS. The Kier molecular flexibility index (Phi) is 3.43. The predicted octanol–water partition coefficient (Wildman–Crippen LogP) is 0.999. The number of hydrogen-bond donors (Lipinski definition) is 1. The van der Waals surface area contributed by atoms with Crippen LogP contribution in [0.5, 0.6) is 5.19 Å². The lowest BCUT2D eigenvalue weighted by atomic mass is 10.2. The molecule has 0 radical (unpaired) electrons. The first kappa shape index (κ1) is 9.41. The van der Waals surface area contributed by atoms with E-state index >= 15 is 0 Å². The Hall–Kier alpha value is -0.680. The van der Waals surface area contributed by atoms with E-state index in [9.17, 15) is 0 Å². The first-order valence-corrected chi connectivity index (χ1v) is 4.68. The minimum atomic E-state index is 0.358. The lowest BCUT2D eigenvalue weighted by molar-refractivity contribution is 0.325. The van der Waals surface area contributed by atoms with E-state index in [2.05, 4.69) is 23.2 Å². The van der Waals surface area contributed by atoms with E-state index in [1.165, 1.54) is 11.5 Å². The van der Waals surface area contributed by atoms with Crippen LogP contribution in [0.15, 0.2) is 0 Å². The molecule has 0 bridgehead atoms. The molecular weight excluding hydrogens is 174 g/mol. The maximum Gasteiger partial charge on any atom is 0.293 e. The molecule has 4 nitrogen and oxygen atoms in total. The average Bonchev–Trinajstić information content (AvgIpc) is 2.48. The Morgan fingerprint density at radius 2 is 2.33 bits per heavy atom. The van der Waals surface area contributed by atoms with Crippen LogP contribution in [0, 0.1) is 0 Å². The van der Waals surface area contributed by atoms with Crippen LogP contribution in [-0.4, -0.2) is 22.5 Å². The van der Waals surface area contributed by atoms with Crippen LogP contribution < -0.4 is 10.5 Å². The van der Waals surface area contributed by atoms with Crippen molar-refractivity contribution in [2.24, 2.45) is 5.73 Å². The van der Waals surface area contributed by atoms with E-state index < -0.39 is 0 Å². The van der Waals surface area contributed by atoms with Gasteiger partial charge in [0, 0.05) is 24.0 Å². The van der Waals surface area contributed by atoms with Gasteiger partial charge in [0.2, 0.25) is 0 Å². The molecule has 2 N–H and O–H groups in total. The van der Waals surface area contributed by atoms with Gasteiger partial charge in [-0.1, -0.05) is 13.8 Å². The number of nitrogens with two attached hydrogens (primary N) is 1. The molecule has 0 amide bonds. The van der Waals surface area contributed by atoms with E-state index in [0.717, 1.165) is 5.82 Å². The molecule has 0 aliphatic heterocycles. The molecule has 0 saturated heterocycles. The number of ether oxygens (including phenoxy) is 1. The van der Waals surface area contributed by atoms with E-state index in [1.54, 1.807) is 0 Å². The summed E-state index contributed by atoms with van der Waals surface area (Å²) in [5, 5.41) is 0.615. The third-order valence-electron chi connectivity index (χ3n) is 1.28. The summed E-state index contributed by atoms with van der Waals surface area (Å²) in [6, 6.07) is 0. The molecule has 5 heteroatoms. The first-order chi connectivity index (χ1) is 5.74. The predicted molar refractivity (Wildman–Crippen MR) is 48.5 cm³/mol. The first-order valence-electron chi connectivity index (χ1n) is 3.90. The van der Waals surface area contributed by atoms with Crippen molar-refractivity contribution in [1.82, 2.24) is 9.36 Å². The lowest BCUT2D eigenvalue weighted by Gasteiger charge is -1.97. The molecule has 12 heavy (non-hydrogen) atoms. The van der Waals surface area contributed by atoms with Crippen LogP contribution in [0.1, 0.15) is 25.6 Å². The Morgan fingerprint density at radius 3 is 2.83 bits per heavy atom. The van der Waals surface area contributed by atoms with Gasteiger partial charge in [-0.05, 0) is 0 Å². The van der Waals surface area contributed by atoms with Crippen molar-refractivity contribution in [2.75, 3.05) is 13.2 Å². The highest BCUT2D eigenvalue weighted by Crippen LogP contribution is 2.18. The quantitative estimate of drug-likeness (QED) is 0.764. The van der Waals surface area contributed by atoms with Crippen molar-refractivity contribution in [2.45, 2.75) is 19.8 Å². The van der Waals surface area contributed by atoms with Gasteiger partial charge in [-0.25, -0.2) is 0 Å². The summed E-state index contributed by atoms with van der Waals surface area (Å²) in [5.41, 5.74) is 5.27. The molecule has 1 rings (SSSR count). The highest BCUT2D eigenvalue weighted by Gasteiger charge is 2.07. The maximum atomic E-state index is 5.27. The Morgan fingerprint density at radius 1 is 1.58 bits per heavy atom. The monoisotopic (exact) mass is 187 g/mol. The van der Waals surface area contributed by atoms with Crippen LogP contribution in [0.2, 0.25) is 0 Å². The van der Waals surface area contributed by atoms with Crippen molar-refractivity contribution in [3.63, 3.8) is 0 Å². The molecule has 1 aromatic heterocycles. The van der Waals surface area contributed by atoms with Gasteiger partial charge in [-0.15, -0.1) is 0 Å². The molecule has 0 spiro atoms. The van der Waals surface area contributed by atoms with Gasteiger partial charge in [0.15, 0.2) is 0 Å². The van der Waals surface area contributed by atoms with Crippen LogP contribution in [0.4, 0.5) is 0 Å². The van der Waals surface area contributed by atoms with Gasteiger partial charge in [-0.3, -0.25) is 0 Å². The van der Waals surface area contributed by atoms with Gasteiger partial charge in [0.05, 0.1) is 0 Å². The van der Waals surface area contributed by atoms with Crippen molar-refractivity contribution in [3.8, 4) is 5.19 Å². The van der Waals surface area contributed by atoms with Gasteiger partial charge >= 0.3 is 0 Å². The second-order valence-corrected chi connectivity index (χ2v) is 3.42. The van der Waals surface area contributed by atoms with Crippen molar-refractivity contribution in [1.29, 1.82) is 0 Å². The Labute approximate surface area is 75.9 Å². The van der Waals surface area contributed by atoms with Crippen molar-refractivity contribution >= 4 is 11.5 Å². The van der Waals surface area contributed by atoms with E-state index in [1.807, 2.05) is 0 Å². The Bertz CT molecular complexity index is 236. The van der Waals surface area contributed by atoms with Crippen LogP contribution in [0.25, 0.3) is 0 Å². The fourth-order valence-corrected chi connectivity index (χ4v) is 1.35. The van der Waals surface area contributed by atoms with E-state index in [0.29, 0.717) is 24.3 Å². The lowest BCUT2D eigenvalue weighted by Crippen LogP contribution is -2.10. The van der Waals surface area contributed by atoms with Gasteiger partial charge in [0.25, 0.3) is 5.19 Å². The van der Waals surface area contributed by atoms with E-state index in [4.69, 9.17) is 10.5 Å². The molecule has 0 atom stereocenters. The van der Waals surface area contributed by atoms with Gasteiger partial charge < -0.3 is 10.5 Å². The second-order valence-electron chi connectivity index (χ2n) is 2.71. The summed E-state index contributed by atoms with van der Waals surface area (Å²) in [6.45, 7) is 5.12. The zero-order valence-electron chi connectivity index (χ0n) is 7.28. The van der Waals surface area contributed by atoms with Crippen LogP contribution in [-0.2, 0) is 0 Å². The fourth-order valence-electron chi connectivity index (χ4n) is 0.660. The second kappa shape index (κ2) is 4.37. The molecule has 68 valence electrons. The summed E-state index contributed by atoms with van der Waals surface area (Å²) >= 11 is 1.28. The fraction of sp³-hybridized carbons (Fsp3) is 0.714. The highest BCUT2D eigenvalue weighted by molar-refractivity contribution is 7.07. The van der Waals surface area contributed by atoms with Crippen molar-refractivity contribution < 1.29 is 4.74 Å². The number of hydrogen-bond acceptors (Lipinski definition) is 5. The van der Waals surface area contributed by atoms with Crippen LogP contribution >= 0.6 is 11.5 Å². The van der Waals surface area contributed by atoms with Crippen molar-refractivity contribution in [3.05, 3.63) is 5.82 Å². The minimum absolute atomic E-state index is 0.358. The molecule has 0 fully saturated rings. The zero-order valence-corrected chi connectivity index (χ0v) is 8.10. The maximum absolute atomic E-state index is 5.27. The molecule has 0 aromatic carbocycles. The number of nitrogens with zero attached hydrogens (tertiary/aromatic N) is 2. The third-order valence-corrected chi connectivity index (χ3v) is 1.93. The largest absolute Gasteiger partial charge is 0.468 e. The number of aromatic nitrogens is 2. The van der Waals surface area contributed by atoms with Gasteiger partial charge in [-0.2, -0.15) is 9.36 Å². The molecule has 1 heterocycles. The van der Waals surface area contributed by atoms with Gasteiger partial charge in [0.1, 0.15) is 12.4 Å². The summed E-state index contributed by atoms with van der Waals surface area (Å²) in [6.07, 6.45) is 0. The van der Waals surface area contributed by atoms with Crippen LogP contribution in [0.3, 0.4) is 0 Å². The molecule has 0 unspecified atom stereocenters. The minimum Gasteiger partial charge on any atom is -0.468 e. The normalized spacial score (nSPS) is 10.7. The summed E-state index contributed by atoms with van der Waals surface area (Å²) in [5.74, 6) is 1.20. The average molecular weight is 187 g/mol. The SMILES string of the molecule is CC(C)c1nsc(OCCN)n1. The zero-order chi connectivity index (χ0) is 8.97. The smallest absolute Gasteiger partial charge is 0.293 e.